The van der Waals surface area contributed by atoms with E-state index in [4.69, 9.17) is 27.9 Å². The molecule has 0 aliphatic rings. The molecule has 4 nitrogen and oxygen atoms in total. The Hall–Kier alpha value is -1.08. The van der Waals surface area contributed by atoms with Gasteiger partial charge < -0.3 is 9.47 Å². The highest BCUT2D eigenvalue weighted by Crippen LogP contribution is 2.36. The number of rotatable bonds is 3. The van der Waals surface area contributed by atoms with Crippen LogP contribution in [0.1, 0.15) is 20.0 Å². The van der Waals surface area contributed by atoms with E-state index >= 15 is 0 Å². The first-order chi connectivity index (χ1) is 9.93. The highest BCUT2D eigenvalue weighted by Gasteiger charge is 2.23. The van der Waals surface area contributed by atoms with E-state index in [2.05, 4.69) is 20.7 Å². The molecule has 0 radical (unpaired) electrons. The summed E-state index contributed by atoms with van der Waals surface area (Å²) in [5.41, 5.74) is 0.148. The lowest BCUT2D eigenvalue weighted by atomic mass is 10.2. The summed E-state index contributed by atoms with van der Waals surface area (Å²) < 4.78 is 10.4. The predicted octanol–water partition coefficient (Wildman–Crippen LogP) is 4.82. The molecule has 0 saturated heterocycles. The first kappa shape index (κ1) is 16.3. The minimum absolute atomic E-state index is 0.0999. The van der Waals surface area contributed by atoms with Crippen LogP contribution >= 0.6 is 50.5 Å². The SMILES string of the molecule is COC(=O)c1scc(Br)c1OC(=O)c1ccc(Cl)cc1Cl. The van der Waals surface area contributed by atoms with Gasteiger partial charge in [0.1, 0.15) is 0 Å². The minimum atomic E-state index is -0.694. The molecule has 1 aromatic carbocycles. The van der Waals surface area contributed by atoms with Crippen molar-refractivity contribution in [1.82, 2.24) is 0 Å². The Labute approximate surface area is 142 Å². The minimum Gasteiger partial charge on any atom is -0.465 e. The molecule has 8 heteroatoms. The zero-order valence-corrected chi connectivity index (χ0v) is 14.4. The Morgan fingerprint density at radius 3 is 2.57 bits per heavy atom. The number of hydrogen-bond acceptors (Lipinski definition) is 5. The lowest BCUT2D eigenvalue weighted by Crippen LogP contribution is -2.11. The molecular weight excluding hydrogens is 403 g/mol. The van der Waals surface area contributed by atoms with Crippen LogP contribution < -0.4 is 4.74 Å². The van der Waals surface area contributed by atoms with E-state index in [1.165, 1.54) is 25.3 Å². The van der Waals surface area contributed by atoms with E-state index in [1.807, 2.05) is 0 Å². The Morgan fingerprint density at radius 2 is 1.95 bits per heavy atom. The summed E-state index contributed by atoms with van der Waals surface area (Å²) in [4.78, 5) is 23.9. The molecule has 0 amide bonds. The van der Waals surface area contributed by atoms with Crippen molar-refractivity contribution < 1.29 is 19.1 Å². The Morgan fingerprint density at radius 1 is 1.24 bits per heavy atom. The Bertz CT molecular complexity index is 714. The number of carbonyl (C=O) groups is 2. The van der Waals surface area contributed by atoms with Gasteiger partial charge in [0.2, 0.25) is 0 Å². The van der Waals surface area contributed by atoms with Crippen LogP contribution in [0.4, 0.5) is 0 Å². The second kappa shape index (κ2) is 6.79. The number of thiophene rings is 1. The Balaban J connectivity index is 2.32. The van der Waals surface area contributed by atoms with Crippen molar-refractivity contribution in [3.8, 4) is 5.75 Å². The van der Waals surface area contributed by atoms with Gasteiger partial charge in [-0.3, -0.25) is 0 Å². The zero-order valence-electron chi connectivity index (χ0n) is 10.5. The second-order valence-electron chi connectivity index (χ2n) is 3.75. The van der Waals surface area contributed by atoms with Crippen molar-refractivity contribution >= 4 is 62.4 Å². The van der Waals surface area contributed by atoms with Crippen molar-refractivity contribution in [2.24, 2.45) is 0 Å². The van der Waals surface area contributed by atoms with Crippen molar-refractivity contribution in [1.29, 1.82) is 0 Å². The van der Waals surface area contributed by atoms with Gasteiger partial charge in [0, 0.05) is 10.4 Å². The van der Waals surface area contributed by atoms with Gasteiger partial charge in [-0.25, -0.2) is 9.59 Å². The van der Waals surface area contributed by atoms with E-state index in [1.54, 1.807) is 5.38 Å². The molecule has 2 aromatic rings. The van der Waals surface area contributed by atoms with Crippen molar-refractivity contribution in [3.05, 3.63) is 48.5 Å². The van der Waals surface area contributed by atoms with Gasteiger partial charge in [-0.05, 0) is 34.1 Å². The molecular formula is C13H7BrCl2O4S. The van der Waals surface area contributed by atoms with E-state index in [0.29, 0.717) is 9.50 Å². The van der Waals surface area contributed by atoms with E-state index < -0.39 is 11.9 Å². The summed E-state index contributed by atoms with van der Waals surface area (Å²) in [6.07, 6.45) is 0. The lowest BCUT2D eigenvalue weighted by molar-refractivity contribution is 0.0599. The summed E-state index contributed by atoms with van der Waals surface area (Å²) in [6, 6.07) is 4.41. The maximum atomic E-state index is 12.1. The smallest absolute Gasteiger partial charge is 0.351 e. The maximum Gasteiger partial charge on any atom is 0.351 e. The lowest BCUT2D eigenvalue weighted by Gasteiger charge is -2.07. The van der Waals surface area contributed by atoms with Crippen LogP contribution in [0.15, 0.2) is 28.1 Å². The molecule has 0 bridgehead atoms. The largest absolute Gasteiger partial charge is 0.465 e. The van der Waals surface area contributed by atoms with Gasteiger partial charge in [0.05, 0.1) is 22.2 Å². The van der Waals surface area contributed by atoms with E-state index in [9.17, 15) is 9.59 Å². The number of carbonyl (C=O) groups excluding carboxylic acids is 2. The number of methoxy groups -OCH3 is 1. The van der Waals surface area contributed by atoms with E-state index in [-0.39, 0.29) is 21.2 Å². The molecule has 0 spiro atoms. The standard InChI is InChI=1S/C13H7BrCl2O4S/c1-19-13(18)11-10(8(14)5-21-11)20-12(17)7-3-2-6(15)4-9(7)16/h2-5H,1H3. The molecule has 0 fully saturated rings. The fraction of sp³-hybridized carbons (Fsp3) is 0.0769. The molecule has 0 aliphatic heterocycles. The van der Waals surface area contributed by atoms with Crippen molar-refractivity contribution in [3.63, 3.8) is 0 Å². The third kappa shape index (κ3) is 3.58. The fourth-order valence-electron chi connectivity index (χ4n) is 1.46. The van der Waals surface area contributed by atoms with Crippen molar-refractivity contribution in [2.45, 2.75) is 0 Å². The van der Waals surface area contributed by atoms with Crippen LogP contribution in [0.25, 0.3) is 0 Å². The van der Waals surface area contributed by atoms with E-state index in [0.717, 1.165) is 11.3 Å². The maximum absolute atomic E-state index is 12.1. The number of esters is 2. The summed E-state index contributed by atoms with van der Waals surface area (Å²) >= 11 is 16.0. The van der Waals surface area contributed by atoms with Gasteiger partial charge >= 0.3 is 11.9 Å². The van der Waals surface area contributed by atoms with Crippen LogP contribution in [0.5, 0.6) is 5.75 Å². The van der Waals surface area contributed by atoms with Gasteiger partial charge in [0.25, 0.3) is 0 Å². The topological polar surface area (TPSA) is 52.6 Å². The summed E-state index contributed by atoms with van der Waals surface area (Å²) in [5.74, 6) is -1.18. The second-order valence-corrected chi connectivity index (χ2v) is 6.32. The molecule has 0 N–H and O–H groups in total. The van der Waals surface area contributed by atoms with Gasteiger partial charge in [-0.15, -0.1) is 11.3 Å². The van der Waals surface area contributed by atoms with Crippen LogP contribution in [0, 0.1) is 0 Å². The summed E-state index contributed by atoms with van der Waals surface area (Å²) in [5, 5.41) is 2.19. The van der Waals surface area contributed by atoms with Gasteiger partial charge in [-0.1, -0.05) is 23.2 Å². The molecule has 2 rings (SSSR count). The number of hydrogen-bond donors (Lipinski definition) is 0. The third-order valence-corrected chi connectivity index (χ3v) is 4.80. The predicted molar refractivity (Wildman–Crippen MR) is 84.8 cm³/mol. The normalized spacial score (nSPS) is 10.3. The summed E-state index contributed by atoms with van der Waals surface area (Å²) in [7, 11) is 1.25. The zero-order chi connectivity index (χ0) is 15.6. The fourth-order valence-corrected chi connectivity index (χ4v) is 3.40. The van der Waals surface area contributed by atoms with Crippen molar-refractivity contribution in [2.75, 3.05) is 7.11 Å². The Kier molecular flexibility index (Phi) is 5.27. The average Bonchev–Trinajstić information content (AvgIpc) is 2.79. The quantitative estimate of drug-likeness (QED) is 0.681. The first-order valence-electron chi connectivity index (χ1n) is 5.46. The molecule has 1 heterocycles. The van der Waals surface area contributed by atoms with Crippen LogP contribution in [0.2, 0.25) is 10.0 Å². The summed E-state index contributed by atoms with van der Waals surface area (Å²) in [6.45, 7) is 0. The van der Waals surface area contributed by atoms with Gasteiger partial charge in [-0.2, -0.15) is 0 Å². The molecule has 0 atom stereocenters. The molecule has 110 valence electrons. The van der Waals surface area contributed by atoms with Gasteiger partial charge in [0.15, 0.2) is 10.6 Å². The van der Waals surface area contributed by atoms with Crippen LogP contribution in [-0.2, 0) is 4.74 Å². The number of ether oxygens (including phenoxy) is 2. The molecule has 0 unspecified atom stereocenters. The monoisotopic (exact) mass is 408 g/mol. The average molecular weight is 410 g/mol. The molecule has 1 aromatic heterocycles. The highest BCUT2D eigenvalue weighted by atomic mass is 79.9. The van der Waals surface area contributed by atoms with Crippen LogP contribution in [-0.4, -0.2) is 19.0 Å². The first-order valence-corrected chi connectivity index (χ1v) is 7.89. The van der Waals surface area contributed by atoms with Crippen LogP contribution in [0.3, 0.4) is 0 Å². The molecule has 0 aliphatic carbocycles. The number of halogens is 3. The highest BCUT2D eigenvalue weighted by molar-refractivity contribution is 9.10. The molecule has 21 heavy (non-hydrogen) atoms. The molecule has 0 saturated carbocycles. The third-order valence-electron chi connectivity index (χ3n) is 2.42. The number of benzene rings is 1.